The molecule has 1 aliphatic heterocycles. The Labute approximate surface area is 126 Å². The highest BCUT2D eigenvalue weighted by Gasteiger charge is 2.22. The molecule has 1 aromatic carbocycles. The number of rotatable bonds is 3. The average Bonchev–Trinajstić information content (AvgIpc) is 2.53. The van der Waals surface area contributed by atoms with E-state index in [2.05, 4.69) is 16.0 Å². The van der Waals surface area contributed by atoms with Gasteiger partial charge < -0.3 is 4.90 Å². The number of fused-ring (bicyclic) bond motifs is 1. The van der Waals surface area contributed by atoms with Crippen LogP contribution in [0, 0.1) is 0 Å². The zero-order chi connectivity index (χ0) is 13.8. The van der Waals surface area contributed by atoms with Gasteiger partial charge in [0, 0.05) is 29.6 Å². The number of para-hydroxylation sites is 1. The Morgan fingerprint density at radius 2 is 2.05 bits per heavy atom. The number of amides is 1. The Bertz CT molecular complexity index is 606. The first-order valence-electron chi connectivity index (χ1n) is 6.26. The molecule has 0 radical (unpaired) electrons. The van der Waals surface area contributed by atoms with Crippen molar-refractivity contribution in [3.8, 4) is 0 Å². The van der Waals surface area contributed by atoms with Gasteiger partial charge in [-0.3, -0.25) is 4.79 Å². The SMILES string of the molecule is O=C(CSc1ncccn1)N1CCSc2ccccc21. The van der Waals surface area contributed by atoms with E-state index in [4.69, 9.17) is 0 Å². The zero-order valence-corrected chi connectivity index (χ0v) is 12.4. The Morgan fingerprint density at radius 3 is 2.90 bits per heavy atom. The molecular formula is C14H13N3OS2. The molecule has 2 heterocycles. The van der Waals surface area contributed by atoms with Crippen molar-refractivity contribution in [3.05, 3.63) is 42.7 Å². The molecular weight excluding hydrogens is 290 g/mol. The van der Waals surface area contributed by atoms with Gasteiger partial charge in [-0.1, -0.05) is 23.9 Å². The largest absolute Gasteiger partial charge is 0.310 e. The molecule has 0 unspecified atom stereocenters. The molecule has 3 rings (SSSR count). The topological polar surface area (TPSA) is 46.1 Å². The number of carbonyl (C=O) groups excluding carboxylic acids is 1. The van der Waals surface area contributed by atoms with Crippen LogP contribution >= 0.6 is 23.5 Å². The lowest BCUT2D eigenvalue weighted by molar-refractivity contribution is -0.116. The number of nitrogens with zero attached hydrogens (tertiary/aromatic N) is 3. The first kappa shape index (κ1) is 13.5. The molecule has 102 valence electrons. The quantitative estimate of drug-likeness (QED) is 0.644. The summed E-state index contributed by atoms with van der Waals surface area (Å²) in [6, 6.07) is 9.81. The van der Waals surface area contributed by atoms with Crippen molar-refractivity contribution in [2.24, 2.45) is 0 Å². The molecule has 1 aliphatic rings. The molecule has 0 bridgehead atoms. The summed E-state index contributed by atoms with van der Waals surface area (Å²) in [4.78, 5) is 23.6. The Morgan fingerprint density at radius 1 is 1.25 bits per heavy atom. The lowest BCUT2D eigenvalue weighted by atomic mass is 10.3. The smallest absolute Gasteiger partial charge is 0.237 e. The molecule has 0 saturated carbocycles. The van der Waals surface area contributed by atoms with E-state index in [1.54, 1.807) is 30.2 Å². The second-order valence-corrected chi connectivity index (χ2v) is 6.26. The number of hydrogen-bond acceptors (Lipinski definition) is 5. The minimum absolute atomic E-state index is 0.107. The fourth-order valence-corrected chi connectivity index (χ4v) is 3.67. The Kier molecular flexibility index (Phi) is 4.22. The summed E-state index contributed by atoms with van der Waals surface area (Å²) in [6.07, 6.45) is 3.37. The molecule has 0 atom stereocenters. The van der Waals surface area contributed by atoms with Crippen LogP contribution in [0.4, 0.5) is 5.69 Å². The highest BCUT2D eigenvalue weighted by atomic mass is 32.2. The van der Waals surface area contributed by atoms with E-state index < -0.39 is 0 Å². The van der Waals surface area contributed by atoms with Crippen LogP contribution in [0.15, 0.2) is 52.8 Å². The number of benzene rings is 1. The second kappa shape index (κ2) is 6.28. The third-order valence-electron chi connectivity index (χ3n) is 2.90. The third-order valence-corrected chi connectivity index (χ3v) is 4.80. The number of aromatic nitrogens is 2. The van der Waals surface area contributed by atoms with Gasteiger partial charge >= 0.3 is 0 Å². The van der Waals surface area contributed by atoms with E-state index in [9.17, 15) is 4.79 Å². The number of carbonyl (C=O) groups is 1. The van der Waals surface area contributed by atoms with Gasteiger partial charge in [-0.25, -0.2) is 9.97 Å². The standard InChI is InChI=1S/C14H13N3OS2/c18-13(10-20-14-15-6-3-7-16-14)17-8-9-19-12-5-2-1-4-11(12)17/h1-7H,8-10H2. The number of hydrogen-bond donors (Lipinski definition) is 0. The van der Waals surface area contributed by atoms with E-state index in [0.29, 0.717) is 10.9 Å². The van der Waals surface area contributed by atoms with Gasteiger partial charge in [0.25, 0.3) is 0 Å². The van der Waals surface area contributed by atoms with Gasteiger partial charge in [-0.15, -0.1) is 11.8 Å². The molecule has 1 aromatic heterocycles. The van der Waals surface area contributed by atoms with Gasteiger partial charge in [0.1, 0.15) is 0 Å². The number of anilines is 1. The van der Waals surface area contributed by atoms with Crippen molar-refractivity contribution in [2.75, 3.05) is 23.0 Å². The molecule has 0 N–H and O–H groups in total. The minimum Gasteiger partial charge on any atom is -0.310 e. The van der Waals surface area contributed by atoms with E-state index in [-0.39, 0.29) is 5.91 Å². The summed E-state index contributed by atoms with van der Waals surface area (Å²) in [5.41, 5.74) is 1.02. The predicted molar refractivity (Wildman–Crippen MR) is 82.3 cm³/mol. The molecule has 0 fully saturated rings. The van der Waals surface area contributed by atoms with Crippen molar-refractivity contribution < 1.29 is 4.79 Å². The lowest BCUT2D eigenvalue weighted by Crippen LogP contribution is -2.36. The molecule has 6 heteroatoms. The van der Waals surface area contributed by atoms with Crippen LogP contribution in [-0.4, -0.2) is 33.9 Å². The van der Waals surface area contributed by atoms with Crippen molar-refractivity contribution >= 4 is 35.1 Å². The van der Waals surface area contributed by atoms with Crippen LogP contribution in [-0.2, 0) is 4.79 Å². The monoisotopic (exact) mass is 303 g/mol. The van der Waals surface area contributed by atoms with Gasteiger partial charge in [0.15, 0.2) is 5.16 Å². The summed E-state index contributed by atoms with van der Waals surface area (Å²) in [6.45, 7) is 0.761. The van der Waals surface area contributed by atoms with Crippen LogP contribution in [0.1, 0.15) is 0 Å². The van der Waals surface area contributed by atoms with Crippen LogP contribution in [0.5, 0.6) is 0 Å². The summed E-state index contributed by atoms with van der Waals surface area (Å²) >= 11 is 3.18. The van der Waals surface area contributed by atoms with Gasteiger partial charge in [0.2, 0.25) is 5.91 Å². The molecule has 20 heavy (non-hydrogen) atoms. The molecule has 0 aliphatic carbocycles. The van der Waals surface area contributed by atoms with Crippen LogP contribution in [0.25, 0.3) is 0 Å². The Balaban J connectivity index is 1.69. The highest BCUT2D eigenvalue weighted by Crippen LogP contribution is 2.34. The second-order valence-electron chi connectivity index (χ2n) is 4.18. The van der Waals surface area contributed by atoms with Gasteiger partial charge in [-0.05, 0) is 18.2 Å². The predicted octanol–water partition coefficient (Wildman–Crippen LogP) is 2.71. The van der Waals surface area contributed by atoms with E-state index in [0.717, 1.165) is 18.0 Å². The number of thioether (sulfide) groups is 2. The van der Waals surface area contributed by atoms with Crippen LogP contribution < -0.4 is 4.90 Å². The van der Waals surface area contributed by atoms with Crippen molar-refractivity contribution in [3.63, 3.8) is 0 Å². The van der Waals surface area contributed by atoms with Gasteiger partial charge in [-0.2, -0.15) is 0 Å². The van der Waals surface area contributed by atoms with Crippen molar-refractivity contribution in [1.82, 2.24) is 9.97 Å². The fourth-order valence-electron chi connectivity index (χ4n) is 1.99. The summed E-state index contributed by atoms with van der Waals surface area (Å²) in [7, 11) is 0. The molecule has 1 amide bonds. The maximum absolute atomic E-state index is 12.4. The summed E-state index contributed by atoms with van der Waals surface area (Å²) in [5, 5.41) is 0.639. The normalized spacial score (nSPS) is 13.9. The molecule has 2 aromatic rings. The molecule has 0 saturated heterocycles. The van der Waals surface area contributed by atoms with E-state index >= 15 is 0 Å². The van der Waals surface area contributed by atoms with E-state index in [1.807, 2.05) is 23.1 Å². The average molecular weight is 303 g/mol. The third kappa shape index (κ3) is 2.96. The van der Waals surface area contributed by atoms with Gasteiger partial charge in [0.05, 0.1) is 11.4 Å². The Hall–Kier alpha value is -1.53. The van der Waals surface area contributed by atoms with Crippen LogP contribution in [0.3, 0.4) is 0 Å². The summed E-state index contributed by atoms with van der Waals surface area (Å²) < 4.78 is 0. The maximum atomic E-state index is 12.4. The molecule has 0 spiro atoms. The fraction of sp³-hybridized carbons (Fsp3) is 0.214. The van der Waals surface area contributed by atoms with E-state index in [1.165, 1.54) is 16.7 Å². The first-order chi connectivity index (χ1) is 9.84. The molecule has 4 nitrogen and oxygen atoms in total. The minimum atomic E-state index is 0.107. The summed E-state index contributed by atoms with van der Waals surface area (Å²) in [5.74, 6) is 1.41. The first-order valence-corrected chi connectivity index (χ1v) is 8.24. The maximum Gasteiger partial charge on any atom is 0.237 e. The van der Waals surface area contributed by atoms with Crippen LogP contribution in [0.2, 0.25) is 0 Å². The van der Waals surface area contributed by atoms with Crippen molar-refractivity contribution in [2.45, 2.75) is 10.1 Å². The highest BCUT2D eigenvalue weighted by molar-refractivity contribution is 8.00. The lowest BCUT2D eigenvalue weighted by Gasteiger charge is -2.28. The zero-order valence-electron chi connectivity index (χ0n) is 10.7. The van der Waals surface area contributed by atoms with Crippen molar-refractivity contribution in [1.29, 1.82) is 0 Å².